The number of hydrogen-bond acceptors (Lipinski definition) is 4. The molecule has 0 saturated carbocycles. The standard InChI is InChI=1S/C14H18N4O2/c1-2-5-10-6-3-4-7-13(10)18-9-11(16-17-18)8-12(15)14(19)20/h3-4,6-7,9,12H,2,5,8,15H2,1H3,(H,19,20). The van der Waals surface area contributed by atoms with Gasteiger partial charge in [0.25, 0.3) is 0 Å². The van der Waals surface area contributed by atoms with Gasteiger partial charge in [0.05, 0.1) is 17.6 Å². The van der Waals surface area contributed by atoms with E-state index in [1.165, 1.54) is 5.56 Å². The van der Waals surface area contributed by atoms with Gasteiger partial charge in [0.15, 0.2) is 0 Å². The molecule has 0 fully saturated rings. The first kappa shape index (κ1) is 14.2. The van der Waals surface area contributed by atoms with Crippen molar-refractivity contribution in [2.45, 2.75) is 32.2 Å². The Hall–Kier alpha value is -2.21. The lowest BCUT2D eigenvalue weighted by molar-refractivity contribution is -0.138. The lowest BCUT2D eigenvalue weighted by Crippen LogP contribution is -2.32. The fraction of sp³-hybridized carbons (Fsp3) is 0.357. The minimum Gasteiger partial charge on any atom is -0.480 e. The van der Waals surface area contributed by atoms with E-state index in [1.807, 2.05) is 18.2 Å². The number of rotatable bonds is 6. The van der Waals surface area contributed by atoms with Gasteiger partial charge >= 0.3 is 5.97 Å². The van der Waals surface area contributed by atoms with Crippen molar-refractivity contribution in [1.82, 2.24) is 15.0 Å². The summed E-state index contributed by atoms with van der Waals surface area (Å²) in [5.74, 6) is -1.04. The first-order valence-electron chi connectivity index (χ1n) is 6.59. The van der Waals surface area contributed by atoms with E-state index < -0.39 is 12.0 Å². The molecule has 20 heavy (non-hydrogen) atoms. The van der Waals surface area contributed by atoms with E-state index in [0.717, 1.165) is 18.5 Å². The largest absolute Gasteiger partial charge is 0.480 e. The smallest absolute Gasteiger partial charge is 0.320 e. The lowest BCUT2D eigenvalue weighted by Gasteiger charge is -2.07. The molecule has 0 spiro atoms. The van der Waals surface area contributed by atoms with Gasteiger partial charge in [-0.05, 0) is 18.1 Å². The fourth-order valence-corrected chi connectivity index (χ4v) is 2.04. The van der Waals surface area contributed by atoms with E-state index in [-0.39, 0.29) is 6.42 Å². The van der Waals surface area contributed by atoms with Crippen molar-refractivity contribution in [3.63, 3.8) is 0 Å². The molecule has 0 aliphatic rings. The molecule has 6 heteroatoms. The van der Waals surface area contributed by atoms with E-state index in [2.05, 4.69) is 23.3 Å². The zero-order chi connectivity index (χ0) is 14.5. The van der Waals surface area contributed by atoms with Crippen LogP contribution in [0.1, 0.15) is 24.6 Å². The molecule has 1 aromatic heterocycles. The molecule has 0 amide bonds. The van der Waals surface area contributed by atoms with Crippen LogP contribution in [0.3, 0.4) is 0 Å². The van der Waals surface area contributed by atoms with E-state index in [4.69, 9.17) is 10.8 Å². The van der Waals surface area contributed by atoms with Crippen LogP contribution in [0.2, 0.25) is 0 Å². The second-order valence-electron chi connectivity index (χ2n) is 4.68. The van der Waals surface area contributed by atoms with Crippen LogP contribution in [0.5, 0.6) is 0 Å². The van der Waals surface area contributed by atoms with Gasteiger partial charge < -0.3 is 10.8 Å². The molecule has 0 radical (unpaired) electrons. The Morgan fingerprint density at radius 1 is 1.45 bits per heavy atom. The molecule has 0 aliphatic carbocycles. The van der Waals surface area contributed by atoms with Crippen molar-refractivity contribution in [3.8, 4) is 5.69 Å². The van der Waals surface area contributed by atoms with Crippen LogP contribution < -0.4 is 5.73 Å². The second kappa shape index (κ2) is 6.29. The monoisotopic (exact) mass is 274 g/mol. The molecule has 106 valence electrons. The molecular weight excluding hydrogens is 256 g/mol. The highest BCUT2D eigenvalue weighted by Crippen LogP contribution is 2.15. The summed E-state index contributed by atoms with van der Waals surface area (Å²) in [6.45, 7) is 2.12. The maximum atomic E-state index is 10.7. The van der Waals surface area contributed by atoms with Gasteiger partial charge in [0.2, 0.25) is 0 Å². The average Bonchev–Trinajstić information content (AvgIpc) is 2.88. The quantitative estimate of drug-likeness (QED) is 0.824. The maximum Gasteiger partial charge on any atom is 0.320 e. The molecule has 0 saturated heterocycles. The Kier molecular flexibility index (Phi) is 4.47. The summed E-state index contributed by atoms with van der Waals surface area (Å²) in [5, 5.41) is 16.8. The highest BCUT2D eigenvalue weighted by atomic mass is 16.4. The Balaban J connectivity index is 2.22. The summed E-state index contributed by atoms with van der Waals surface area (Å²) in [6, 6.07) is 7.01. The Morgan fingerprint density at radius 2 is 2.20 bits per heavy atom. The molecule has 2 aromatic rings. The van der Waals surface area contributed by atoms with Gasteiger partial charge in [0, 0.05) is 6.42 Å². The first-order valence-corrected chi connectivity index (χ1v) is 6.59. The number of carboxylic acids is 1. The van der Waals surface area contributed by atoms with Gasteiger partial charge in [0.1, 0.15) is 6.04 Å². The molecule has 2 rings (SSSR count). The van der Waals surface area contributed by atoms with Crippen LogP contribution >= 0.6 is 0 Å². The number of hydrogen-bond donors (Lipinski definition) is 2. The molecule has 6 nitrogen and oxygen atoms in total. The summed E-state index contributed by atoms with van der Waals surface area (Å²) in [5.41, 5.74) is 8.23. The van der Waals surface area contributed by atoms with Crippen LogP contribution in [0.4, 0.5) is 0 Å². The SMILES string of the molecule is CCCc1ccccc1-n1cc(CC(N)C(=O)O)nn1. The summed E-state index contributed by atoms with van der Waals surface area (Å²) in [6.07, 6.45) is 3.91. The van der Waals surface area contributed by atoms with E-state index >= 15 is 0 Å². The summed E-state index contributed by atoms with van der Waals surface area (Å²) in [7, 11) is 0. The highest BCUT2D eigenvalue weighted by molar-refractivity contribution is 5.73. The van der Waals surface area contributed by atoms with Gasteiger partial charge in [-0.15, -0.1) is 5.10 Å². The number of aryl methyl sites for hydroxylation is 1. The number of benzene rings is 1. The number of aromatic nitrogens is 3. The summed E-state index contributed by atoms with van der Waals surface area (Å²) < 4.78 is 1.68. The maximum absolute atomic E-state index is 10.7. The lowest BCUT2D eigenvalue weighted by atomic mass is 10.1. The van der Waals surface area contributed by atoms with Crippen LogP contribution in [0, 0.1) is 0 Å². The van der Waals surface area contributed by atoms with Gasteiger partial charge in [-0.2, -0.15) is 0 Å². The predicted octanol–water partition coefficient (Wildman–Crippen LogP) is 1.17. The highest BCUT2D eigenvalue weighted by Gasteiger charge is 2.15. The number of aliphatic carboxylic acids is 1. The molecule has 0 aliphatic heterocycles. The Bertz CT molecular complexity index is 594. The fourth-order valence-electron chi connectivity index (χ4n) is 2.04. The zero-order valence-corrected chi connectivity index (χ0v) is 11.4. The zero-order valence-electron chi connectivity index (χ0n) is 11.4. The van der Waals surface area contributed by atoms with Crippen LogP contribution in [-0.4, -0.2) is 32.1 Å². The number of carbonyl (C=O) groups is 1. The van der Waals surface area contributed by atoms with Crippen molar-refractivity contribution in [2.75, 3.05) is 0 Å². The third kappa shape index (κ3) is 3.21. The first-order chi connectivity index (χ1) is 9.61. The van der Waals surface area contributed by atoms with Crippen LogP contribution in [-0.2, 0) is 17.6 Å². The van der Waals surface area contributed by atoms with Gasteiger partial charge in [-0.3, -0.25) is 4.79 Å². The minimum atomic E-state index is -1.04. The van der Waals surface area contributed by atoms with Gasteiger partial charge in [-0.1, -0.05) is 36.8 Å². The number of nitrogens with zero attached hydrogens (tertiary/aromatic N) is 3. The minimum absolute atomic E-state index is 0.172. The molecular formula is C14H18N4O2. The Morgan fingerprint density at radius 3 is 2.90 bits per heavy atom. The van der Waals surface area contributed by atoms with Crippen molar-refractivity contribution in [1.29, 1.82) is 0 Å². The van der Waals surface area contributed by atoms with Crippen LogP contribution in [0.25, 0.3) is 5.69 Å². The molecule has 0 bridgehead atoms. The van der Waals surface area contributed by atoms with E-state index in [9.17, 15) is 4.79 Å². The van der Waals surface area contributed by atoms with Crippen molar-refractivity contribution >= 4 is 5.97 Å². The van der Waals surface area contributed by atoms with E-state index in [0.29, 0.717) is 5.69 Å². The molecule has 1 atom stereocenters. The molecule has 1 aromatic carbocycles. The second-order valence-corrected chi connectivity index (χ2v) is 4.68. The Labute approximate surface area is 117 Å². The molecule has 1 heterocycles. The topological polar surface area (TPSA) is 94.0 Å². The average molecular weight is 274 g/mol. The summed E-state index contributed by atoms with van der Waals surface area (Å²) in [4.78, 5) is 10.7. The van der Waals surface area contributed by atoms with Crippen molar-refractivity contribution < 1.29 is 9.90 Å². The van der Waals surface area contributed by atoms with Gasteiger partial charge in [-0.25, -0.2) is 4.68 Å². The number of para-hydroxylation sites is 1. The number of nitrogens with two attached hydrogens (primary N) is 1. The third-order valence-corrected chi connectivity index (χ3v) is 3.04. The van der Waals surface area contributed by atoms with Crippen molar-refractivity contribution in [3.05, 3.63) is 41.7 Å². The third-order valence-electron chi connectivity index (χ3n) is 3.04. The molecule has 1 unspecified atom stereocenters. The normalized spacial score (nSPS) is 12.3. The number of carboxylic acid groups (broad SMARTS) is 1. The molecule has 3 N–H and O–H groups in total. The van der Waals surface area contributed by atoms with Crippen LogP contribution in [0.15, 0.2) is 30.5 Å². The summed E-state index contributed by atoms with van der Waals surface area (Å²) >= 11 is 0. The van der Waals surface area contributed by atoms with Crippen molar-refractivity contribution in [2.24, 2.45) is 5.73 Å². The predicted molar refractivity (Wildman–Crippen MR) is 74.7 cm³/mol. The van der Waals surface area contributed by atoms with E-state index in [1.54, 1.807) is 10.9 Å².